The van der Waals surface area contributed by atoms with Crippen LogP contribution in [0.1, 0.15) is 30.9 Å². The first-order chi connectivity index (χ1) is 9.58. The molecule has 2 rings (SSSR count). The van der Waals surface area contributed by atoms with Crippen LogP contribution in [0.3, 0.4) is 0 Å². The van der Waals surface area contributed by atoms with Crippen LogP contribution in [0.15, 0.2) is 18.2 Å². The highest BCUT2D eigenvalue weighted by Crippen LogP contribution is 2.36. The zero-order valence-corrected chi connectivity index (χ0v) is 12.3. The fourth-order valence-electron chi connectivity index (χ4n) is 2.77. The van der Waals surface area contributed by atoms with Crippen LogP contribution >= 0.6 is 0 Å². The van der Waals surface area contributed by atoms with Crippen LogP contribution in [0.25, 0.3) is 0 Å². The second-order valence-electron chi connectivity index (χ2n) is 5.11. The topological polar surface area (TPSA) is 64.8 Å². The maximum Gasteiger partial charge on any atom is 0.222 e. The van der Waals surface area contributed by atoms with Gasteiger partial charge in [0.15, 0.2) is 0 Å². The Kier molecular flexibility index (Phi) is 4.49. The van der Waals surface area contributed by atoms with E-state index in [0.29, 0.717) is 12.2 Å². The SMILES string of the molecule is COc1ccc(C2C(N)CCCC(=O)N2C)c(OC)c1. The van der Waals surface area contributed by atoms with E-state index in [2.05, 4.69) is 0 Å². The Balaban J connectivity index is 2.43. The maximum absolute atomic E-state index is 12.1. The minimum Gasteiger partial charge on any atom is -0.497 e. The van der Waals surface area contributed by atoms with Gasteiger partial charge in [0.25, 0.3) is 0 Å². The molecule has 5 heteroatoms. The smallest absolute Gasteiger partial charge is 0.222 e. The van der Waals surface area contributed by atoms with E-state index in [-0.39, 0.29) is 18.0 Å². The standard InChI is InChI=1S/C15H22N2O3/c1-17-14(18)6-4-5-12(16)15(17)11-8-7-10(19-2)9-13(11)20-3/h7-9,12,15H,4-6,16H2,1-3H3. The van der Waals surface area contributed by atoms with Crippen molar-refractivity contribution >= 4 is 5.91 Å². The molecule has 0 saturated carbocycles. The lowest BCUT2D eigenvalue weighted by Crippen LogP contribution is -2.39. The van der Waals surface area contributed by atoms with E-state index in [1.165, 1.54) is 0 Å². The highest BCUT2D eigenvalue weighted by atomic mass is 16.5. The lowest BCUT2D eigenvalue weighted by Gasteiger charge is -2.31. The molecule has 0 aliphatic carbocycles. The molecule has 2 N–H and O–H groups in total. The van der Waals surface area contributed by atoms with Crippen molar-refractivity contribution in [3.8, 4) is 11.5 Å². The minimum absolute atomic E-state index is 0.0891. The summed E-state index contributed by atoms with van der Waals surface area (Å²) in [6.45, 7) is 0. The molecule has 0 aromatic heterocycles. The van der Waals surface area contributed by atoms with Gasteiger partial charge in [-0.25, -0.2) is 0 Å². The Morgan fingerprint density at radius 3 is 2.70 bits per heavy atom. The summed E-state index contributed by atoms with van der Waals surface area (Å²) in [6, 6.07) is 5.37. The number of hydrogen-bond acceptors (Lipinski definition) is 4. The first-order valence-corrected chi connectivity index (χ1v) is 6.81. The fraction of sp³-hybridized carbons (Fsp3) is 0.533. The second kappa shape index (κ2) is 6.13. The molecule has 1 fully saturated rings. The maximum atomic E-state index is 12.1. The number of ether oxygens (including phenoxy) is 2. The summed E-state index contributed by atoms with van der Waals surface area (Å²) in [5.41, 5.74) is 7.21. The third-order valence-corrected chi connectivity index (χ3v) is 3.90. The molecule has 1 aromatic carbocycles. The number of hydrogen-bond donors (Lipinski definition) is 1. The predicted molar refractivity (Wildman–Crippen MR) is 76.9 cm³/mol. The Labute approximate surface area is 119 Å². The van der Waals surface area contributed by atoms with Gasteiger partial charge in [-0.2, -0.15) is 0 Å². The average Bonchev–Trinajstić information content (AvgIpc) is 2.58. The van der Waals surface area contributed by atoms with Crippen molar-refractivity contribution in [1.29, 1.82) is 0 Å². The lowest BCUT2D eigenvalue weighted by molar-refractivity contribution is -0.131. The van der Waals surface area contributed by atoms with E-state index in [9.17, 15) is 4.79 Å². The van der Waals surface area contributed by atoms with Gasteiger partial charge in [0.05, 0.1) is 20.3 Å². The van der Waals surface area contributed by atoms with Crippen molar-refractivity contribution in [3.05, 3.63) is 23.8 Å². The largest absolute Gasteiger partial charge is 0.497 e. The van der Waals surface area contributed by atoms with Crippen LogP contribution in [0, 0.1) is 0 Å². The molecule has 5 nitrogen and oxygen atoms in total. The quantitative estimate of drug-likeness (QED) is 0.914. The molecule has 1 aromatic rings. The van der Waals surface area contributed by atoms with E-state index in [4.69, 9.17) is 15.2 Å². The van der Waals surface area contributed by atoms with Gasteiger partial charge in [-0.15, -0.1) is 0 Å². The van der Waals surface area contributed by atoms with Crippen molar-refractivity contribution < 1.29 is 14.3 Å². The molecule has 1 amide bonds. The predicted octanol–water partition coefficient (Wildman–Crippen LogP) is 1.71. The van der Waals surface area contributed by atoms with E-state index in [1.54, 1.807) is 19.1 Å². The van der Waals surface area contributed by atoms with Crippen LogP contribution in [0.4, 0.5) is 0 Å². The molecular weight excluding hydrogens is 256 g/mol. The molecule has 1 saturated heterocycles. The molecule has 20 heavy (non-hydrogen) atoms. The van der Waals surface area contributed by atoms with Crippen molar-refractivity contribution in [1.82, 2.24) is 4.90 Å². The van der Waals surface area contributed by atoms with Crippen LogP contribution < -0.4 is 15.2 Å². The molecule has 2 unspecified atom stereocenters. The number of benzene rings is 1. The molecule has 1 aliphatic heterocycles. The summed E-state index contributed by atoms with van der Waals surface area (Å²) in [5.74, 6) is 1.55. The highest BCUT2D eigenvalue weighted by molar-refractivity contribution is 5.77. The Morgan fingerprint density at radius 1 is 1.30 bits per heavy atom. The third kappa shape index (κ3) is 2.72. The summed E-state index contributed by atoms with van der Waals surface area (Å²) in [7, 11) is 5.03. The van der Waals surface area contributed by atoms with Gasteiger partial charge in [0, 0.05) is 31.1 Å². The van der Waals surface area contributed by atoms with Crippen molar-refractivity contribution in [2.75, 3.05) is 21.3 Å². The van der Waals surface area contributed by atoms with Crippen LogP contribution in [-0.2, 0) is 4.79 Å². The van der Waals surface area contributed by atoms with Gasteiger partial charge in [-0.1, -0.05) is 0 Å². The zero-order valence-electron chi connectivity index (χ0n) is 12.3. The number of carbonyl (C=O) groups excluding carboxylic acids is 1. The van der Waals surface area contributed by atoms with Gasteiger partial charge in [0.1, 0.15) is 11.5 Å². The van der Waals surface area contributed by atoms with Gasteiger partial charge < -0.3 is 20.1 Å². The normalized spacial score (nSPS) is 23.4. The number of methoxy groups -OCH3 is 2. The number of carbonyl (C=O) groups is 1. The van der Waals surface area contributed by atoms with Gasteiger partial charge in [-0.3, -0.25) is 4.79 Å². The average molecular weight is 278 g/mol. The number of likely N-dealkylation sites (tertiary alicyclic amines) is 1. The number of nitrogens with zero attached hydrogens (tertiary/aromatic N) is 1. The van der Waals surface area contributed by atoms with Gasteiger partial charge >= 0.3 is 0 Å². The molecule has 1 heterocycles. The molecule has 0 bridgehead atoms. The van der Waals surface area contributed by atoms with Crippen LogP contribution in [-0.4, -0.2) is 38.1 Å². The summed E-state index contributed by atoms with van der Waals surface area (Å²) in [4.78, 5) is 13.8. The number of likely N-dealkylation sites (N-methyl/N-ethyl adjacent to an activating group) is 1. The van der Waals surface area contributed by atoms with Gasteiger partial charge in [-0.05, 0) is 25.0 Å². The molecule has 0 spiro atoms. The lowest BCUT2D eigenvalue weighted by atomic mass is 9.95. The van der Waals surface area contributed by atoms with E-state index in [0.717, 1.165) is 24.2 Å². The number of amides is 1. The Morgan fingerprint density at radius 2 is 2.05 bits per heavy atom. The van der Waals surface area contributed by atoms with Crippen LogP contribution in [0.5, 0.6) is 11.5 Å². The van der Waals surface area contributed by atoms with E-state index in [1.807, 2.05) is 25.2 Å². The fourth-order valence-corrected chi connectivity index (χ4v) is 2.77. The first kappa shape index (κ1) is 14.7. The summed E-state index contributed by atoms with van der Waals surface area (Å²) < 4.78 is 10.6. The minimum atomic E-state index is -0.161. The molecular formula is C15H22N2O3. The first-order valence-electron chi connectivity index (χ1n) is 6.81. The Hall–Kier alpha value is -1.75. The van der Waals surface area contributed by atoms with E-state index < -0.39 is 0 Å². The number of nitrogens with two attached hydrogens (primary N) is 1. The summed E-state index contributed by atoms with van der Waals surface area (Å²) in [5, 5.41) is 0. The van der Waals surface area contributed by atoms with E-state index >= 15 is 0 Å². The summed E-state index contributed by atoms with van der Waals surface area (Å²) in [6.07, 6.45) is 2.22. The van der Waals surface area contributed by atoms with Crippen LogP contribution in [0.2, 0.25) is 0 Å². The number of rotatable bonds is 3. The molecule has 1 aliphatic rings. The third-order valence-electron chi connectivity index (χ3n) is 3.90. The monoisotopic (exact) mass is 278 g/mol. The zero-order chi connectivity index (χ0) is 14.7. The summed E-state index contributed by atoms with van der Waals surface area (Å²) >= 11 is 0. The van der Waals surface area contributed by atoms with Crippen molar-refractivity contribution in [2.24, 2.45) is 5.73 Å². The molecule has 2 atom stereocenters. The van der Waals surface area contributed by atoms with Crippen molar-refractivity contribution in [2.45, 2.75) is 31.3 Å². The van der Waals surface area contributed by atoms with Crippen molar-refractivity contribution in [3.63, 3.8) is 0 Å². The highest BCUT2D eigenvalue weighted by Gasteiger charge is 2.32. The Bertz CT molecular complexity index is 490. The molecule has 0 radical (unpaired) electrons. The molecule has 110 valence electrons. The second-order valence-corrected chi connectivity index (χ2v) is 5.11. The van der Waals surface area contributed by atoms with Gasteiger partial charge in [0.2, 0.25) is 5.91 Å².